The molecule has 2 aromatic rings. The lowest BCUT2D eigenvalue weighted by molar-refractivity contribution is -0.115. The topological polar surface area (TPSA) is 70.2 Å². The Morgan fingerprint density at radius 1 is 1.04 bits per heavy atom. The number of nitrogens with one attached hydrogen (secondary N) is 3. The molecule has 2 aromatic carbocycles. The number of hydrogen-bond acceptors (Lipinski definition) is 3. The van der Waals surface area contributed by atoms with Crippen LogP contribution in [0.4, 0.5) is 11.4 Å². The molecule has 0 radical (unpaired) electrons. The summed E-state index contributed by atoms with van der Waals surface area (Å²) in [6.45, 7) is 3.65. The molecule has 0 aliphatic rings. The van der Waals surface area contributed by atoms with Crippen molar-refractivity contribution in [1.29, 1.82) is 0 Å². The fraction of sp³-hybridized carbons (Fsp3) is 0.222. The lowest BCUT2D eigenvalue weighted by atomic mass is 10.1. The van der Waals surface area contributed by atoms with Crippen molar-refractivity contribution in [2.24, 2.45) is 0 Å². The predicted molar refractivity (Wildman–Crippen MR) is 99.9 cm³/mol. The van der Waals surface area contributed by atoms with Gasteiger partial charge in [-0.15, -0.1) is 0 Å². The van der Waals surface area contributed by atoms with Crippen LogP contribution < -0.4 is 16.0 Å². The van der Waals surface area contributed by atoms with E-state index in [1.807, 2.05) is 31.2 Å². The van der Waals surface area contributed by atoms with Gasteiger partial charge in [0.1, 0.15) is 0 Å². The van der Waals surface area contributed by atoms with E-state index in [4.69, 9.17) is 0 Å². The number of anilines is 2. The fourth-order valence-electron chi connectivity index (χ4n) is 2.20. The van der Waals surface area contributed by atoms with Crippen molar-refractivity contribution in [3.8, 4) is 0 Å². The minimum absolute atomic E-state index is 0.0644. The summed E-state index contributed by atoms with van der Waals surface area (Å²) in [7, 11) is 0. The molecule has 126 valence electrons. The van der Waals surface area contributed by atoms with Gasteiger partial charge in [-0.05, 0) is 42.8 Å². The highest BCUT2D eigenvalue weighted by Crippen LogP contribution is 2.17. The monoisotopic (exact) mass is 389 g/mol. The molecule has 1 unspecified atom stereocenters. The molecule has 0 spiro atoms. The van der Waals surface area contributed by atoms with Gasteiger partial charge < -0.3 is 16.0 Å². The van der Waals surface area contributed by atoms with Gasteiger partial charge in [0.05, 0.1) is 6.54 Å². The van der Waals surface area contributed by atoms with Crippen molar-refractivity contribution >= 4 is 39.1 Å². The second-order valence-corrected chi connectivity index (χ2v) is 6.38. The molecule has 6 heteroatoms. The minimum atomic E-state index is -0.150. The van der Waals surface area contributed by atoms with E-state index in [9.17, 15) is 9.59 Å². The van der Waals surface area contributed by atoms with Gasteiger partial charge in [-0.25, -0.2) is 0 Å². The zero-order chi connectivity index (χ0) is 17.5. The van der Waals surface area contributed by atoms with Crippen LogP contribution in [-0.4, -0.2) is 18.4 Å². The van der Waals surface area contributed by atoms with Crippen LogP contribution in [-0.2, 0) is 9.59 Å². The molecular formula is C18H20BrN3O2. The van der Waals surface area contributed by atoms with Crippen LogP contribution in [0, 0.1) is 0 Å². The van der Waals surface area contributed by atoms with E-state index in [1.165, 1.54) is 6.92 Å². The molecule has 0 saturated carbocycles. The van der Waals surface area contributed by atoms with Crippen LogP contribution in [0.2, 0.25) is 0 Å². The van der Waals surface area contributed by atoms with Crippen molar-refractivity contribution in [3.05, 3.63) is 58.6 Å². The van der Waals surface area contributed by atoms with Gasteiger partial charge in [0.25, 0.3) is 0 Å². The average Bonchev–Trinajstić information content (AvgIpc) is 2.53. The lowest BCUT2D eigenvalue weighted by Crippen LogP contribution is -2.30. The maximum atomic E-state index is 12.1. The molecule has 0 fully saturated rings. The van der Waals surface area contributed by atoms with Crippen LogP contribution in [0.15, 0.2) is 53.0 Å². The third-order valence-corrected chi connectivity index (χ3v) is 3.93. The summed E-state index contributed by atoms with van der Waals surface area (Å²) >= 11 is 3.40. The van der Waals surface area contributed by atoms with E-state index in [0.29, 0.717) is 11.4 Å². The first kappa shape index (κ1) is 18.2. The second kappa shape index (κ2) is 8.61. The quantitative estimate of drug-likeness (QED) is 0.705. The SMILES string of the molecule is CC(=O)Nc1cccc(NC(=O)CNC(C)c2ccc(Br)cc2)c1. The number of carbonyl (C=O) groups is 2. The Bertz CT molecular complexity index is 716. The molecule has 3 N–H and O–H groups in total. The number of benzene rings is 2. The average molecular weight is 390 g/mol. The van der Waals surface area contributed by atoms with Crippen LogP contribution in [0.3, 0.4) is 0 Å². The van der Waals surface area contributed by atoms with Crippen LogP contribution >= 0.6 is 15.9 Å². The van der Waals surface area contributed by atoms with Gasteiger partial charge in [-0.2, -0.15) is 0 Å². The number of hydrogen-bond donors (Lipinski definition) is 3. The first-order chi connectivity index (χ1) is 11.4. The van der Waals surface area contributed by atoms with Gasteiger partial charge in [-0.3, -0.25) is 9.59 Å². The summed E-state index contributed by atoms with van der Waals surface area (Å²) in [4.78, 5) is 23.1. The van der Waals surface area contributed by atoms with Gasteiger partial charge in [0.15, 0.2) is 0 Å². The number of halogens is 1. The summed E-state index contributed by atoms with van der Waals surface area (Å²) in [5.41, 5.74) is 2.40. The number of rotatable bonds is 6. The Labute approximate surface area is 150 Å². The largest absolute Gasteiger partial charge is 0.326 e. The van der Waals surface area contributed by atoms with E-state index >= 15 is 0 Å². The van der Waals surface area contributed by atoms with Gasteiger partial charge in [0, 0.05) is 28.8 Å². The van der Waals surface area contributed by atoms with Crippen LogP contribution in [0.25, 0.3) is 0 Å². The van der Waals surface area contributed by atoms with Crippen molar-refractivity contribution in [3.63, 3.8) is 0 Å². The van der Waals surface area contributed by atoms with Crippen LogP contribution in [0.5, 0.6) is 0 Å². The molecule has 0 aliphatic heterocycles. The van der Waals surface area contributed by atoms with E-state index in [-0.39, 0.29) is 24.4 Å². The maximum Gasteiger partial charge on any atom is 0.238 e. The Morgan fingerprint density at radius 2 is 1.67 bits per heavy atom. The molecule has 1 atom stereocenters. The Kier molecular flexibility index (Phi) is 6.52. The molecule has 2 rings (SSSR count). The van der Waals surface area contributed by atoms with Crippen molar-refractivity contribution < 1.29 is 9.59 Å². The molecule has 0 heterocycles. The van der Waals surface area contributed by atoms with E-state index < -0.39 is 0 Å². The Balaban J connectivity index is 1.86. The summed E-state index contributed by atoms with van der Waals surface area (Å²) in [5.74, 6) is -0.289. The third-order valence-electron chi connectivity index (χ3n) is 3.41. The number of amides is 2. The highest BCUT2D eigenvalue weighted by Gasteiger charge is 2.08. The highest BCUT2D eigenvalue weighted by molar-refractivity contribution is 9.10. The second-order valence-electron chi connectivity index (χ2n) is 5.46. The summed E-state index contributed by atoms with van der Waals surface area (Å²) in [6, 6.07) is 15.1. The molecule has 2 amide bonds. The Hall–Kier alpha value is -2.18. The molecule has 5 nitrogen and oxygen atoms in total. The molecule has 0 bridgehead atoms. The van der Waals surface area contributed by atoms with Crippen molar-refractivity contribution in [1.82, 2.24) is 5.32 Å². The molecular weight excluding hydrogens is 370 g/mol. The predicted octanol–water partition coefficient (Wildman–Crippen LogP) is 3.70. The molecule has 0 aliphatic carbocycles. The molecule has 0 saturated heterocycles. The lowest BCUT2D eigenvalue weighted by Gasteiger charge is -2.14. The zero-order valence-electron chi connectivity index (χ0n) is 13.6. The number of carbonyl (C=O) groups excluding carboxylic acids is 2. The van der Waals surface area contributed by atoms with Crippen LogP contribution in [0.1, 0.15) is 25.5 Å². The van der Waals surface area contributed by atoms with Gasteiger partial charge >= 0.3 is 0 Å². The van der Waals surface area contributed by atoms with Crippen molar-refractivity contribution in [2.45, 2.75) is 19.9 Å². The summed E-state index contributed by atoms with van der Waals surface area (Å²) in [6.07, 6.45) is 0. The summed E-state index contributed by atoms with van der Waals surface area (Å²) < 4.78 is 1.02. The van der Waals surface area contributed by atoms with E-state index in [0.717, 1.165) is 10.0 Å². The summed E-state index contributed by atoms with van der Waals surface area (Å²) in [5, 5.41) is 8.68. The highest BCUT2D eigenvalue weighted by atomic mass is 79.9. The standard InChI is InChI=1S/C18H20BrN3O2/c1-12(14-6-8-15(19)9-7-14)20-11-18(24)22-17-5-3-4-16(10-17)21-13(2)23/h3-10,12,20H,11H2,1-2H3,(H,21,23)(H,22,24). The van der Waals surface area contributed by atoms with E-state index in [2.05, 4.69) is 31.9 Å². The fourth-order valence-corrected chi connectivity index (χ4v) is 2.46. The first-order valence-electron chi connectivity index (χ1n) is 7.60. The third kappa shape index (κ3) is 5.79. The molecule has 0 aromatic heterocycles. The minimum Gasteiger partial charge on any atom is -0.326 e. The smallest absolute Gasteiger partial charge is 0.238 e. The first-order valence-corrected chi connectivity index (χ1v) is 8.39. The van der Waals surface area contributed by atoms with E-state index in [1.54, 1.807) is 24.3 Å². The van der Waals surface area contributed by atoms with Crippen molar-refractivity contribution in [2.75, 3.05) is 17.2 Å². The van der Waals surface area contributed by atoms with Gasteiger partial charge in [-0.1, -0.05) is 34.1 Å². The zero-order valence-corrected chi connectivity index (χ0v) is 15.2. The normalized spacial score (nSPS) is 11.6. The van der Waals surface area contributed by atoms with Gasteiger partial charge in [0.2, 0.25) is 11.8 Å². The Morgan fingerprint density at radius 3 is 2.29 bits per heavy atom. The molecule has 24 heavy (non-hydrogen) atoms. The maximum absolute atomic E-state index is 12.1.